The van der Waals surface area contributed by atoms with Gasteiger partial charge in [0, 0.05) is 27.5 Å². The highest BCUT2D eigenvalue weighted by molar-refractivity contribution is 6.11. The minimum atomic E-state index is 0.483. The van der Waals surface area contributed by atoms with Crippen molar-refractivity contribution in [2.45, 2.75) is 13.3 Å². The molecule has 0 amide bonds. The lowest BCUT2D eigenvalue weighted by molar-refractivity contribution is 0.669. The molecule has 0 radical (unpaired) electrons. The van der Waals surface area contributed by atoms with E-state index in [9.17, 15) is 0 Å². The fourth-order valence-corrected chi connectivity index (χ4v) is 6.76. The van der Waals surface area contributed by atoms with Gasteiger partial charge in [0.25, 0.3) is 0 Å². The molecule has 2 aromatic heterocycles. The van der Waals surface area contributed by atoms with Crippen molar-refractivity contribution in [2.75, 3.05) is 0 Å². The molecule has 9 rings (SSSR count). The van der Waals surface area contributed by atoms with E-state index >= 15 is 0 Å². The number of nitrogens with zero attached hydrogens (tertiary/aromatic N) is 3. The zero-order valence-corrected chi connectivity index (χ0v) is 26.5. The summed E-state index contributed by atoms with van der Waals surface area (Å²) in [6.45, 7) is 2.22. The molecule has 0 saturated heterocycles. The monoisotopic (exact) mass is 617 g/mol. The summed E-state index contributed by atoms with van der Waals surface area (Å²) in [5, 5.41) is 4.50. The molecule has 4 heteroatoms. The van der Waals surface area contributed by atoms with E-state index in [1.807, 2.05) is 30.3 Å². The van der Waals surface area contributed by atoms with Crippen LogP contribution in [-0.2, 0) is 0 Å². The van der Waals surface area contributed by atoms with Gasteiger partial charge in [-0.2, -0.15) is 0 Å². The van der Waals surface area contributed by atoms with E-state index in [-0.39, 0.29) is 0 Å². The van der Waals surface area contributed by atoms with E-state index in [0.29, 0.717) is 23.4 Å². The van der Waals surface area contributed by atoms with Gasteiger partial charge in [0.2, 0.25) is 0 Å². The average Bonchev–Trinajstić information content (AvgIpc) is 3.54. The van der Waals surface area contributed by atoms with Gasteiger partial charge in [-0.05, 0) is 69.6 Å². The van der Waals surface area contributed by atoms with Crippen LogP contribution in [0.4, 0.5) is 0 Å². The Morgan fingerprint density at radius 2 is 1.29 bits per heavy atom. The lowest BCUT2D eigenvalue weighted by Gasteiger charge is -2.15. The number of hydrogen-bond donors (Lipinski definition) is 0. The number of rotatable bonds is 5. The Morgan fingerprint density at radius 1 is 0.542 bits per heavy atom. The molecule has 0 spiro atoms. The largest absolute Gasteiger partial charge is 0.456 e. The van der Waals surface area contributed by atoms with Crippen LogP contribution in [0, 0.1) is 5.92 Å². The zero-order valence-electron chi connectivity index (χ0n) is 26.5. The number of fused-ring (bicyclic) bond motifs is 4. The van der Waals surface area contributed by atoms with Crippen LogP contribution in [-0.4, -0.2) is 15.0 Å². The fourth-order valence-electron chi connectivity index (χ4n) is 6.76. The van der Waals surface area contributed by atoms with Crippen LogP contribution < -0.4 is 0 Å². The number of aromatic nitrogens is 3. The number of para-hydroxylation sites is 1. The van der Waals surface area contributed by atoms with Crippen molar-refractivity contribution in [3.05, 3.63) is 158 Å². The fraction of sp³-hybridized carbons (Fsp3) is 0.0682. The van der Waals surface area contributed by atoms with Gasteiger partial charge >= 0.3 is 0 Å². The highest BCUT2D eigenvalue weighted by Gasteiger charge is 2.20. The summed E-state index contributed by atoms with van der Waals surface area (Å²) < 4.78 is 6.24. The quantitative estimate of drug-likeness (QED) is 0.193. The highest BCUT2D eigenvalue weighted by Crippen LogP contribution is 2.39. The Labute approximate surface area is 278 Å². The molecular formula is C44H31N3O. The second-order valence-electron chi connectivity index (χ2n) is 12.5. The Kier molecular flexibility index (Phi) is 6.79. The summed E-state index contributed by atoms with van der Waals surface area (Å²) >= 11 is 0. The summed E-state index contributed by atoms with van der Waals surface area (Å²) in [6, 6.07) is 46.5. The van der Waals surface area contributed by atoms with Crippen LogP contribution in [0.5, 0.6) is 0 Å². The first-order chi connectivity index (χ1) is 23.7. The number of allylic oxidation sites excluding steroid dienone is 4. The van der Waals surface area contributed by atoms with Crippen LogP contribution in [0.2, 0.25) is 0 Å². The van der Waals surface area contributed by atoms with Gasteiger partial charge in [-0.1, -0.05) is 134 Å². The van der Waals surface area contributed by atoms with Crippen molar-refractivity contribution in [1.29, 1.82) is 0 Å². The molecule has 1 aliphatic carbocycles. The van der Waals surface area contributed by atoms with Crippen LogP contribution in [0.15, 0.2) is 156 Å². The van der Waals surface area contributed by atoms with Crippen LogP contribution in [0.1, 0.15) is 19.2 Å². The normalized spacial score (nSPS) is 14.5. The van der Waals surface area contributed by atoms with Gasteiger partial charge in [-0.15, -0.1) is 0 Å². The van der Waals surface area contributed by atoms with Crippen molar-refractivity contribution in [3.63, 3.8) is 0 Å². The first-order valence-electron chi connectivity index (χ1n) is 16.4. The molecule has 0 N–H and O–H groups in total. The van der Waals surface area contributed by atoms with Crippen molar-refractivity contribution < 1.29 is 4.42 Å². The maximum atomic E-state index is 6.24. The summed E-state index contributed by atoms with van der Waals surface area (Å²) in [7, 11) is 0. The van der Waals surface area contributed by atoms with Crippen molar-refractivity contribution >= 4 is 38.3 Å². The number of hydrogen-bond acceptors (Lipinski definition) is 4. The maximum Gasteiger partial charge on any atom is 0.164 e. The SMILES string of the molecule is CC1C=CC(c2nc(-c3ccc(-c4ccc5ccccc5c4)c(-c4ccccc4)c3)nc(-c3cccc4oc5ccccc5c34)n2)=CC1. The van der Waals surface area contributed by atoms with Crippen LogP contribution in [0.25, 0.3) is 83.3 Å². The average molecular weight is 618 g/mol. The Bertz CT molecular complexity index is 2560. The number of furan rings is 1. The van der Waals surface area contributed by atoms with E-state index in [4.69, 9.17) is 19.4 Å². The van der Waals surface area contributed by atoms with Crippen molar-refractivity contribution in [2.24, 2.45) is 5.92 Å². The number of benzene rings is 6. The molecule has 0 bridgehead atoms. The van der Waals surface area contributed by atoms with Gasteiger partial charge in [0.1, 0.15) is 11.2 Å². The Balaban J connectivity index is 1.26. The van der Waals surface area contributed by atoms with E-state index in [1.54, 1.807) is 0 Å². The molecule has 228 valence electrons. The van der Waals surface area contributed by atoms with E-state index in [0.717, 1.165) is 61.7 Å². The second-order valence-corrected chi connectivity index (χ2v) is 12.5. The van der Waals surface area contributed by atoms with Gasteiger partial charge < -0.3 is 4.42 Å². The molecule has 6 aromatic carbocycles. The smallest absolute Gasteiger partial charge is 0.164 e. The Hall–Kier alpha value is -6.13. The predicted molar refractivity (Wildman–Crippen MR) is 197 cm³/mol. The van der Waals surface area contributed by atoms with Gasteiger partial charge in [-0.3, -0.25) is 0 Å². The van der Waals surface area contributed by atoms with Gasteiger partial charge in [0.05, 0.1) is 0 Å². The second kappa shape index (κ2) is 11.6. The summed E-state index contributed by atoms with van der Waals surface area (Å²) in [5.41, 5.74) is 9.12. The third-order valence-corrected chi connectivity index (χ3v) is 9.27. The highest BCUT2D eigenvalue weighted by atomic mass is 16.3. The third kappa shape index (κ3) is 4.99. The maximum absolute atomic E-state index is 6.24. The molecule has 4 nitrogen and oxygen atoms in total. The molecule has 1 unspecified atom stereocenters. The van der Waals surface area contributed by atoms with Gasteiger partial charge in [-0.25, -0.2) is 15.0 Å². The molecule has 2 heterocycles. The predicted octanol–water partition coefficient (Wildman–Crippen LogP) is 11.6. The molecule has 1 atom stereocenters. The van der Waals surface area contributed by atoms with E-state index in [1.165, 1.54) is 16.3 Å². The third-order valence-electron chi connectivity index (χ3n) is 9.27. The molecule has 48 heavy (non-hydrogen) atoms. The topological polar surface area (TPSA) is 51.8 Å². The van der Waals surface area contributed by atoms with E-state index < -0.39 is 0 Å². The van der Waals surface area contributed by atoms with Crippen molar-refractivity contribution in [1.82, 2.24) is 15.0 Å². The first kappa shape index (κ1) is 28.1. The Morgan fingerprint density at radius 3 is 2.17 bits per heavy atom. The zero-order chi connectivity index (χ0) is 32.0. The molecule has 0 saturated carbocycles. The minimum absolute atomic E-state index is 0.483. The van der Waals surface area contributed by atoms with E-state index in [2.05, 4.69) is 128 Å². The lowest BCUT2D eigenvalue weighted by Crippen LogP contribution is -2.04. The molecular weight excluding hydrogens is 587 g/mol. The molecule has 8 aromatic rings. The summed E-state index contributed by atoms with van der Waals surface area (Å²) in [5.74, 6) is 2.41. The first-order valence-corrected chi connectivity index (χ1v) is 16.4. The van der Waals surface area contributed by atoms with Crippen LogP contribution >= 0.6 is 0 Å². The molecule has 1 aliphatic rings. The lowest BCUT2D eigenvalue weighted by atomic mass is 9.91. The van der Waals surface area contributed by atoms with Crippen LogP contribution in [0.3, 0.4) is 0 Å². The standard InChI is InChI=1S/C44H31N3O/c1-28-18-20-31(21-19-28)42-45-43(47-44(46-42)37-15-9-17-40-41(37)36-14-7-8-16-39(36)48-40)34-24-25-35(38(27-34)30-11-3-2-4-12-30)33-23-22-29-10-5-6-13-32(29)26-33/h2-18,20-28H,19H2,1H3. The molecule has 0 aliphatic heterocycles. The van der Waals surface area contributed by atoms with Gasteiger partial charge in [0.15, 0.2) is 17.5 Å². The molecule has 0 fully saturated rings. The summed E-state index contributed by atoms with van der Waals surface area (Å²) in [6.07, 6.45) is 7.56. The van der Waals surface area contributed by atoms with Crippen molar-refractivity contribution in [3.8, 4) is 45.0 Å². The minimum Gasteiger partial charge on any atom is -0.456 e. The summed E-state index contributed by atoms with van der Waals surface area (Å²) in [4.78, 5) is 15.4.